The van der Waals surface area contributed by atoms with Crippen LogP contribution in [0, 0.1) is 0 Å². The van der Waals surface area contributed by atoms with Crippen LogP contribution in [0.3, 0.4) is 0 Å². The molecule has 266 valence electrons. The second-order valence-corrected chi connectivity index (χ2v) is 13.7. The van der Waals surface area contributed by atoms with Gasteiger partial charge >= 0.3 is 0 Å². The number of rotatable bonds is 15. The van der Waals surface area contributed by atoms with Crippen molar-refractivity contribution in [3.63, 3.8) is 0 Å². The lowest BCUT2D eigenvalue weighted by Crippen LogP contribution is -2.53. The Kier molecular flexibility index (Phi) is 11.5. The molecule has 0 saturated carbocycles. The molecule has 4 rings (SSSR count). The molecule has 0 fully saturated rings. The monoisotopic (exact) mass is 683 g/mol. The highest BCUT2D eigenvalue weighted by Crippen LogP contribution is 2.39. The smallest absolute Gasteiger partial charge is 0.295 e. The minimum atomic E-state index is -2.56. The van der Waals surface area contributed by atoms with Crippen molar-refractivity contribution in [2.75, 3.05) is 17.7 Å². The fourth-order valence-corrected chi connectivity index (χ4v) is 5.67. The van der Waals surface area contributed by atoms with E-state index in [0.717, 1.165) is 37.6 Å². The van der Waals surface area contributed by atoms with E-state index in [-0.39, 0.29) is 22.1 Å². The van der Waals surface area contributed by atoms with E-state index in [2.05, 4.69) is 64.3 Å². The number of Topliss-reactive ketones (excluding diaryl/α,β-unsaturated/α-hetero) is 1. The molecule has 10 nitrogen and oxygen atoms in total. The van der Waals surface area contributed by atoms with Gasteiger partial charge in [0, 0.05) is 41.7 Å². The number of ether oxygens (including phenoxy) is 2. The molecular weight excluding hydrogens is 634 g/mol. The molecule has 2 unspecified atom stereocenters. The number of methoxy groups -OCH3 is 1. The molecule has 4 aromatic rings. The quantitative estimate of drug-likeness (QED) is 0.0738. The van der Waals surface area contributed by atoms with E-state index in [1.807, 2.05) is 13.0 Å². The third kappa shape index (κ3) is 7.55. The molecule has 3 aromatic carbocycles. The van der Waals surface area contributed by atoms with Crippen LogP contribution < -0.4 is 15.4 Å². The van der Waals surface area contributed by atoms with Crippen LogP contribution in [0.1, 0.15) is 89.2 Å². The van der Waals surface area contributed by atoms with Crippen molar-refractivity contribution in [1.29, 1.82) is 0 Å². The van der Waals surface area contributed by atoms with Crippen LogP contribution in [0.15, 0.2) is 84.9 Å². The van der Waals surface area contributed by atoms with Crippen molar-refractivity contribution in [3.8, 4) is 17.5 Å². The van der Waals surface area contributed by atoms with Crippen molar-refractivity contribution >= 4 is 29.0 Å². The summed E-state index contributed by atoms with van der Waals surface area (Å²) in [6.45, 7) is 14.9. The molecule has 0 aliphatic heterocycles. The van der Waals surface area contributed by atoms with E-state index in [9.17, 15) is 24.6 Å². The summed E-state index contributed by atoms with van der Waals surface area (Å²) in [5.74, 6) is -2.81. The molecule has 1 heterocycles. The van der Waals surface area contributed by atoms with Crippen LogP contribution in [0.5, 0.6) is 17.5 Å². The fraction of sp³-hybridized carbons (Fsp3) is 0.375. The number of carbonyl (C=O) groups excluding carboxylic acids is 3. The van der Waals surface area contributed by atoms with Crippen LogP contribution >= 0.6 is 0 Å². The number of anilines is 2. The third-order valence-corrected chi connectivity index (χ3v) is 9.68. The molecule has 0 saturated heterocycles. The van der Waals surface area contributed by atoms with Gasteiger partial charge in [0.15, 0.2) is 17.9 Å². The summed E-state index contributed by atoms with van der Waals surface area (Å²) in [5.41, 5.74) is 0.0324. The highest BCUT2D eigenvalue weighted by molar-refractivity contribution is 6.18. The van der Waals surface area contributed by atoms with E-state index in [0.29, 0.717) is 22.4 Å². The standard InChI is InChI=1S/C40H49N3O7/c1-9-31(50-32-21-20-27(38(4,5)10-2)25-30(32)39(6,7)11-3)36(47)41-29-19-15-16-26(24-29)35(46)40(49-8,43-33(44)22-23-34(43)45)37(48)42-28-17-13-12-14-18-28/h12-25,31,44-45H,9-11H2,1-8H3,(H,41,47)(H,42,48). The summed E-state index contributed by atoms with van der Waals surface area (Å²) in [7, 11) is 1.13. The average Bonchev–Trinajstić information content (AvgIpc) is 3.45. The number of hydrogen-bond acceptors (Lipinski definition) is 7. The Balaban J connectivity index is 1.66. The maximum Gasteiger partial charge on any atom is 0.295 e. The minimum Gasteiger partial charge on any atom is -0.494 e. The molecule has 50 heavy (non-hydrogen) atoms. The first-order valence-corrected chi connectivity index (χ1v) is 16.9. The lowest BCUT2D eigenvalue weighted by molar-refractivity contribution is -0.143. The zero-order valence-corrected chi connectivity index (χ0v) is 30.2. The molecule has 2 atom stereocenters. The van der Waals surface area contributed by atoms with Gasteiger partial charge in [-0.2, -0.15) is 0 Å². The van der Waals surface area contributed by atoms with E-state index < -0.39 is 41.2 Å². The second-order valence-electron chi connectivity index (χ2n) is 13.7. The Labute approximate surface area is 294 Å². The number of hydrogen-bond donors (Lipinski definition) is 4. The summed E-state index contributed by atoms with van der Waals surface area (Å²) in [4.78, 5) is 41.9. The fourth-order valence-electron chi connectivity index (χ4n) is 5.67. The van der Waals surface area contributed by atoms with Gasteiger partial charge in [0.2, 0.25) is 5.78 Å². The lowest BCUT2D eigenvalue weighted by Gasteiger charge is -2.32. The Morgan fingerprint density at radius 2 is 1.38 bits per heavy atom. The molecule has 2 amide bonds. The zero-order valence-electron chi connectivity index (χ0n) is 30.2. The molecule has 1 aromatic heterocycles. The first kappa shape index (κ1) is 37.7. The van der Waals surface area contributed by atoms with E-state index >= 15 is 0 Å². The molecule has 0 radical (unpaired) electrons. The average molecular weight is 684 g/mol. The van der Waals surface area contributed by atoms with Crippen LogP contribution in [-0.4, -0.2) is 45.6 Å². The first-order valence-electron chi connectivity index (χ1n) is 16.9. The van der Waals surface area contributed by atoms with Crippen LogP contribution in [-0.2, 0) is 30.9 Å². The molecular formula is C40H49N3O7. The van der Waals surface area contributed by atoms with Crippen molar-refractivity contribution in [1.82, 2.24) is 4.57 Å². The van der Waals surface area contributed by atoms with Gasteiger partial charge in [-0.1, -0.05) is 90.9 Å². The minimum absolute atomic E-state index is 0.0252. The van der Waals surface area contributed by atoms with Gasteiger partial charge in [0.1, 0.15) is 5.75 Å². The Morgan fingerprint density at radius 3 is 1.96 bits per heavy atom. The molecule has 0 bridgehead atoms. The van der Waals surface area contributed by atoms with Crippen LogP contribution in [0.4, 0.5) is 11.4 Å². The molecule has 0 aliphatic carbocycles. The predicted molar refractivity (Wildman–Crippen MR) is 195 cm³/mol. The topological polar surface area (TPSA) is 139 Å². The van der Waals surface area contributed by atoms with Gasteiger partial charge in [-0.25, -0.2) is 4.57 Å². The highest BCUT2D eigenvalue weighted by Gasteiger charge is 2.51. The van der Waals surface area contributed by atoms with Crippen molar-refractivity contribution in [2.45, 2.75) is 90.4 Å². The van der Waals surface area contributed by atoms with Crippen molar-refractivity contribution in [2.24, 2.45) is 0 Å². The predicted octanol–water partition coefficient (Wildman–Crippen LogP) is 7.89. The SMILES string of the molecule is CCC(Oc1ccc(C(C)(C)CC)cc1C(C)(C)CC)C(=O)Nc1cccc(C(=O)C(OC)(C(=O)Nc2ccccc2)n2c(O)ccc2O)c1. The molecule has 0 aliphatic rings. The van der Waals surface area contributed by atoms with Crippen molar-refractivity contribution in [3.05, 3.63) is 102 Å². The largest absolute Gasteiger partial charge is 0.494 e. The van der Waals surface area contributed by atoms with Crippen molar-refractivity contribution < 1.29 is 34.1 Å². The van der Waals surface area contributed by atoms with Crippen LogP contribution in [0.2, 0.25) is 0 Å². The number of nitrogens with zero attached hydrogens (tertiary/aromatic N) is 1. The van der Waals surface area contributed by atoms with Gasteiger partial charge in [0.25, 0.3) is 17.5 Å². The maximum atomic E-state index is 14.3. The van der Waals surface area contributed by atoms with Gasteiger partial charge in [0.05, 0.1) is 0 Å². The normalized spacial score (nSPS) is 13.6. The zero-order chi connectivity index (χ0) is 36.9. The first-order chi connectivity index (χ1) is 23.6. The van der Waals surface area contributed by atoms with Gasteiger partial charge in [-0.05, 0) is 66.0 Å². The van der Waals surface area contributed by atoms with E-state index in [4.69, 9.17) is 9.47 Å². The number of aromatic nitrogens is 1. The Morgan fingerprint density at radius 1 is 0.760 bits per heavy atom. The van der Waals surface area contributed by atoms with Gasteiger partial charge in [-0.3, -0.25) is 14.4 Å². The number of carbonyl (C=O) groups is 3. The van der Waals surface area contributed by atoms with Gasteiger partial charge < -0.3 is 30.3 Å². The maximum absolute atomic E-state index is 14.3. The summed E-state index contributed by atoms with van der Waals surface area (Å²) in [5, 5.41) is 26.8. The molecule has 0 spiro atoms. The number of aromatic hydroxyl groups is 2. The molecule has 10 heteroatoms. The summed E-state index contributed by atoms with van der Waals surface area (Å²) in [6.07, 6.45) is 1.36. The van der Waals surface area contributed by atoms with Gasteiger partial charge in [-0.15, -0.1) is 0 Å². The number of para-hydroxylation sites is 1. The van der Waals surface area contributed by atoms with E-state index in [1.54, 1.807) is 42.5 Å². The number of benzene rings is 3. The number of nitrogens with one attached hydrogen (secondary N) is 2. The number of amides is 2. The number of ketones is 1. The third-order valence-electron chi connectivity index (χ3n) is 9.68. The Bertz CT molecular complexity index is 1810. The highest BCUT2D eigenvalue weighted by atomic mass is 16.5. The Hall–Kier alpha value is -5.09. The van der Waals surface area contributed by atoms with Crippen LogP contribution in [0.25, 0.3) is 0 Å². The van der Waals surface area contributed by atoms with E-state index in [1.165, 1.54) is 17.7 Å². The summed E-state index contributed by atoms with van der Waals surface area (Å²) >= 11 is 0. The second kappa shape index (κ2) is 15.2. The lowest BCUT2D eigenvalue weighted by atomic mass is 9.76. The summed E-state index contributed by atoms with van der Waals surface area (Å²) < 4.78 is 12.7. The summed E-state index contributed by atoms with van der Waals surface area (Å²) in [6, 6.07) is 22.9. The molecule has 4 N–H and O–H groups in total.